The summed E-state index contributed by atoms with van der Waals surface area (Å²) in [6, 6.07) is 1.01. The highest BCUT2D eigenvalue weighted by atomic mass is 35.5. The molecule has 0 aliphatic carbocycles. The summed E-state index contributed by atoms with van der Waals surface area (Å²) in [5, 5.41) is 1.54. The quantitative estimate of drug-likeness (QED) is 0.775. The Labute approximate surface area is 122 Å². The molecule has 1 aromatic heterocycles. The van der Waals surface area contributed by atoms with Gasteiger partial charge in [0.1, 0.15) is 0 Å². The van der Waals surface area contributed by atoms with Crippen LogP contribution in [0.5, 0.6) is 0 Å². The lowest BCUT2D eigenvalue weighted by atomic mass is 10.4. The van der Waals surface area contributed by atoms with Crippen LogP contribution in [-0.4, -0.2) is 45.2 Å². The standard InChI is InChI=1S/C10H14ClNO4S3/c1-8-7-18(13,14)3-2-12(8)19(15,16)10-4-9(5-11)17-6-10/h4,6,8H,2-3,5,7H2,1H3. The Kier molecular flexibility index (Phi) is 4.27. The third-order valence-corrected chi connectivity index (χ3v) is 8.30. The number of alkyl halides is 1. The van der Waals surface area contributed by atoms with E-state index in [0.29, 0.717) is 0 Å². The largest absolute Gasteiger partial charge is 0.244 e. The number of rotatable bonds is 3. The highest BCUT2D eigenvalue weighted by molar-refractivity contribution is 7.92. The molecule has 1 aliphatic rings. The van der Waals surface area contributed by atoms with Gasteiger partial charge in [-0.1, -0.05) is 0 Å². The zero-order valence-electron chi connectivity index (χ0n) is 10.2. The maximum atomic E-state index is 12.4. The molecule has 1 fully saturated rings. The second-order valence-electron chi connectivity index (χ2n) is 4.46. The summed E-state index contributed by atoms with van der Waals surface area (Å²) in [7, 11) is -6.76. The van der Waals surface area contributed by atoms with Crippen LogP contribution in [-0.2, 0) is 25.7 Å². The lowest BCUT2D eigenvalue weighted by Gasteiger charge is -2.31. The van der Waals surface area contributed by atoms with Crippen LogP contribution in [0.1, 0.15) is 11.8 Å². The summed E-state index contributed by atoms with van der Waals surface area (Å²) in [4.78, 5) is 0.969. The summed E-state index contributed by atoms with van der Waals surface area (Å²) < 4.78 is 49.1. The van der Waals surface area contributed by atoms with Gasteiger partial charge in [-0.05, 0) is 13.0 Å². The lowest BCUT2D eigenvalue weighted by molar-refractivity contribution is 0.357. The molecule has 1 atom stereocenters. The molecule has 1 saturated heterocycles. The SMILES string of the molecule is CC1CS(=O)(=O)CCN1S(=O)(=O)c1csc(CCl)c1. The van der Waals surface area contributed by atoms with Crippen LogP contribution in [0.3, 0.4) is 0 Å². The van der Waals surface area contributed by atoms with E-state index in [0.717, 1.165) is 4.88 Å². The van der Waals surface area contributed by atoms with E-state index >= 15 is 0 Å². The maximum absolute atomic E-state index is 12.4. The first-order valence-electron chi connectivity index (χ1n) is 5.62. The van der Waals surface area contributed by atoms with Gasteiger partial charge in [0.2, 0.25) is 10.0 Å². The van der Waals surface area contributed by atoms with E-state index in [1.165, 1.54) is 15.6 Å². The molecular weight excluding hydrogens is 330 g/mol. The Morgan fingerprint density at radius 3 is 2.74 bits per heavy atom. The van der Waals surface area contributed by atoms with Gasteiger partial charge in [-0.2, -0.15) is 4.31 Å². The van der Waals surface area contributed by atoms with Crippen molar-refractivity contribution in [3.05, 3.63) is 16.3 Å². The Hall–Kier alpha value is -0.150. The normalized spacial score (nSPS) is 24.4. The first kappa shape index (κ1) is 15.2. The van der Waals surface area contributed by atoms with Crippen LogP contribution >= 0.6 is 22.9 Å². The lowest BCUT2D eigenvalue weighted by Crippen LogP contribution is -2.49. The minimum absolute atomic E-state index is 0.0118. The molecule has 1 unspecified atom stereocenters. The third-order valence-electron chi connectivity index (χ3n) is 2.98. The molecule has 0 bridgehead atoms. The van der Waals surface area contributed by atoms with Crippen molar-refractivity contribution in [2.24, 2.45) is 0 Å². The monoisotopic (exact) mass is 343 g/mol. The Morgan fingerprint density at radius 1 is 1.53 bits per heavy atom. The first-order valence-corrected chi connectivity index (χ1v) is 10.3. The molecule has 2 heterocycles. The molecule has 0 spiro atoms. The molecule has 0 amide bonds. The fourth-order valence-electron chi connectivity index (χ4n) is 2.04. The number of sulfonamides is 1. The predicted molar refractivity (Wildman–Crippen MR) is 75.9 cm³/mol. The fraction of sp³-hybridized carbons (Fsp3) is 0.600. The van der Waals surface area contributed by atoms with Crippen LogP contribution in [0.4, 0.5) is 0 Å². The van der Waals surface area contributed by atoms with E-state index < -0.39 is 25.9 Å². The minimum Gasteiger partial charge on any atom is -0.229 e. The van der Waals surface area contributed by atoms with Crippen molar-refractivity contribution in [3.8, 4) is 0 Å². The number of hydrogen-bond acceptors (Lipinski definition) is 5. The van der Waals surface area contributed by atoms with E-state index in [9.17, 15) is 16.8 Å². The van der Waals surface area contributed by atoms with Crippen LogP contribution in [0, 0.1) is 0 Å². The molecule has 0 N–H and O–H groups in total. The highest BCUT2D eigenvalue weighted by Crippen LogP contribution is 2.26. The highest BCUT2D eigenvalue weighted by Gasteiger charge is 2.36. The summed E-state index contributed by atoms with van der Waals surface area (Å²) in [6.07, 6.45) is 0. The summed E-state index contributed by atoms with van der Waals surface area (Å²) >= 11 is 6.95. The van der Waals surface area contributed by atoms with E-state index in [2.05, 4.69) is 0 Å². The number of sulfone groups is 1. The molecule has 9 heteroatoms. The van der Waals surface area contributed by atoms with Crippen LogP contribution in [0.2, 0.25) is 0 Å². The van der Waals surface area contributed by atoms with Crippen molar-refractivity contribution in [2.45, 2.75) is 23.7 Å². The average Bonchev–Trinajstić information content (AvgIpc) is 2.76. The van der Waals surface area contributed by atoms with Crippen molar-refractivity contribution in [1.29, 1.82) is 0 Å². The zero-order valence-corrected chi connectivity index (χ0v) is 13.4. The van der Waals surface area contributed by atoms with Crippen LogP contribution in [0.15, 0.2) is 16.3 Å². The third kappa shape index (κ3) is 3.13. The van der Waals surface area contributed by atoms with Crippen molar-refractivity contribution in [2.75, 3.05) is 18.1 Å². The van der Waals surface area contributed by atoms with Crippen molar-refractivity contribution < 1.29 is 16.8 Å². The second-order valence-corrected chi connectivity index (χ2v) is 9.84. The van der Waals surface area contributed by atoms with Crippen LogP contribution < -0.4 is 0 Å². The van der Waals surface area contributed by atoms with Gasteiger partial charge in [0.25, 0.3) is 0 Å². The second kappa shape index (κ2) is 5.33. The average molecular weight is 344 g/mol. The smallest absolute Gasteiger partial charge is 0.229 e. The van der Waals surface area contributed by atoms with Gasteiger partial charge in [0.15, 0.2) is 9.84 Å². The van der Waals surface area contributed by atoms with E-state index in [4.69, 9.17) is 11.6 Å². The fourth-order valence-corrected chi connectivity index (χ4v) is 6.82. The minimum atomic E-state index is -3.63. The van der Waals surface area contributed by atoms with Gasteiger partial charge in [0, 0.05) is 22.8 Å². The predicted octanol–water partition coefficient (Wildman–Crippen LogP) is 1.29. The van der Waals surface area contributed by atoms with Gasteiger partial charge in [0.05, 0.1) is 22.3 Å². The first-order chi connectivity index (χ1) is 8.76. The Morgan fingerprint density at radius 2 is 2.21 bits per heavy atom. The molecule has 19 heavy (non-hydrogen) atoms. The van der Waals surface area contributed by atoms with Crippen LogP contribution in [0.25, 0.3) is 0 Å². The summed E-state index contributed by atoms with van der Waals surface area (Å²) in [6.45, 7) is 1.63. The van der Waals surface area contributed by atoms with Gasteiger partial charge >= 0.3 is 0 Å². The van der Waals surface area contributed by atoms with Gasteiger partial charge < -0.3 is 0 Å². The van der Waals surface area contributed by atoms with Gasteiger partial charge in [-0.15, -0.1) is 22.9 Å². The van der Waals surface area contributed by atoms with E-state index in [1.54, 1.807) is 18.4 Å². The van der Waals surface area contributed by atoms with Crippen molar-refractivity contribution in [1.82, 2.24) is 4.31 Å². The summed E-state index contributed by atoms with van der Waals surface area (Å²) in [5.74, 6) is 0.0198. The number of halogens is 1. The number of thiophene rings is 1. The molecule has 1 aliphatic heterocycles. The topological polar surface area (TPSA) is 71.5 Å². The zero-order chi connectivity index (χ0) is 14.3. The van der Waals surface area contributed by atoms with Crippen molar-refractivity contribution in [3.63, 3.8) is 0 Å². The molecular formula is C10H14ClNO4S3. The molecule has 0 saturated carbocycles. The van der Waals surface area contributed by atoms with E-state index in [1.807, 2.05) is 0 Å². The summed E-state index contributed by atoms with van der Waals surface area (Å²) in [5.41, 5.74) is 0. The number of hydrogen-bond donors (Lipinski definition) is 0. The van der Waals surface area contributed by atoms with Crippen molar-refractivity contribution >= 4 is 42.8 Å². The van der Waals surface area contributed by atoms with Gasteiger partial charge in [-0.25, -0.2) is 16.8 Å². The van der Waals surface area contributed by atoms with E-state index in [-0.39, 0.29) is 28.8 Å². The Bertz CT molecular complexity index is 665. The number of nitrogens with zero attached hydrogens (tertiary/aromatic N) is 1. The molecule has 108 valence electrons. The van der Waals surface area contributed by atoms with Gasteiger partial charge in [-0.3, -0.25) is 0 Å². The Balaban J connectivity index is 2.30. The molecule has 0 radical (unpaired) electrons. The molecule has 2 rings (SSSR count). The maximum Gasteiger partial charge on any atom is 0.244 e. The molecule has 5 nitrogen and oxygen atoms in total. The molecule has 1 aromatic rings. The molecule has 0 aromatic carbocycles.